The van der Waals surface area contributed by atoms with Crippen molar-refractivity contribution in [2.45, 2.75) is 12.7 Å². The van der Waals surface area contributed by atoms with E-state index in [0.717, 1.165) is 0 Å². The predicted molar refractivity (Wildman–Crippen MR) is 49.6 cm³/mol. The Morgan fingerprint density at radius 1 is 1.43 bits per heavy atom. The van der Waals surface area contributed by atoms with Crippen molar-refractivity contribution >= 4 is 6.98 Å². The highest BCUT2D eigenvalue weighted by Gasteiger charge is 2.23. The summed E-state index contributed by atoms with van der Waals surface area (Å²) in [5, 5.41) is 0. The van der Waals surface area contributed by atoms with E-state index in [4.69, 9.17) is 6.42 Å². The van der Waals surface area contributed by atoms with E-state index in [1.807, 2.05) is 0 Å². The first-order valence-electron chi connectivity index (χ1n) is 4.09. The molecule has 1 rings (SSSR count). The summed E-state index contributed by atoms with van der Waals surface area (Å²) in [5.74, 6) is 2.37. The molecule has 0 fully saturated rings. The molecule has 0 radical (unpaired) electrons. The second kappa shape index (κ2) is 4.18. The highest BCUT2D eigenvalue weighted by molar-refractivity contribution is 6.57. The van der Waals surface area contributed by atoms with E-state index in [-0.39, 0.29) is 5.69 Å². The largest absolute Gasteiger partial charge is 0.484 e. The highest BCUT2D eigenvalue weighted by atomic mass is 19.4. The maximum atomic E-state index is 12.0. The van der Waals surface area contributed by atoms with Crippen LogP contribution in [0.15, 0.2) is 18.3 Å². The fourth-order valence-corrected chi connectivity index (χ4v) is 1.10. The number of hydrogen-bond donors (Lipinski definition) is 0. The Kier molecular flexibility index (Phi) is 3.18. The molecule has 0 atom stereocenters. The molecule has 0 saturated carbocycles. The summed E-state index contributed by atoms with van der Waals surface area (Å²) in [6.07, 6.45) is 5.79. The average molecular weight is 198 g/mol. The standard InChI is InChI=1S/C9H8BF3N/c1-2-3-8-4-5-14-9(6-8)7-10(11,12)13/h1,4-6H,3,7H2/q-1. The molecule has 0 unspecified atom stereocenters. The van der Waals surface area contributed by atoms with Gasteiger partial charge < -0.3 is 12.9 Å². The van der Waals surface area contributed by atoms with Gasteiger partial charge in [0.05, 0.1) is 0 Å². The van der Waals surface area contributed by atoms with Crippen molar-refractivity contribution in [3.63, 3.8) is 0 Å². The van der Waals surface area contributed by atoms with E-state index in [2.05, 4.69) is 10.9 Å². The normalized spacial score (nSPS) is 11.0. The average Bonchev–Trinajstić information content (AvgIpc) is 2.02. The molecule has 74 valence electrons. The number of nitrogens with zero attached hydrogens (tertiary/aromatic N) is 1. The molecule has 5 heteroatoms. The minimum atomic E-state index is -4.82. The van der Waals surface area contributed by atoms with Crippen molar-refractivity contribution in [1.29, 1.82) is 0 Å². The van der Waals surface area contributed by atoms with Gasteiger partial charge in [0.2, 0.25) is 0 Å². The lowest BCUT2D eigenvalue weighted by Crippen LogP contribution is -2.20. The Bertz CT molecular complexity index is 354. The monoisotopic (exact) mass is 198 g/mol. The third-order valence-corrected chi connectivity index (χ3v) is 1.63. The van der Waals surface area contributed by atoms with E-state index >= 15 is 0 Å². The first-order chi connectivity index (χ1) is 6.51. The first kappa shape index (κ1) is 10.6. The molecule has 0 aliphatic carbocycles. The summed E-state index contributed by atoms with van der Waals surface area (Å²) in [6, 6.07) is 3.02. The van der Waals surface area contributed by atoms with Crippen LogP contribution < -0.4 is 0 Å². The van der Waals surface area contributed by atoms with E-state index in [9.17, 15) is 12.9 Å². The molecule has 0 bridgehead atoms. The second-order valence-corrected chi connectivity index (χ2v) is 2.95. The minimum Gasteiger partial charge on any atom is -0.449 e. The van der Waals surface area contributed by atoms with Gasteiger partial charge in [-0.2, -0.15) is 0 Å². The van der Waals surface area contributed by atoms with Crippen molar-refractivity contribution < 1.29 is 12.9 Å². The fourth-order valence-electron chi connectivity index (χ4n) is 1.10. The summed E-state index contributed by atoms with van der Waals surface area (Å²) in [5.41, 5.74) is 0.725. The van der Waals surface area contributed by atoms with E-state index < -0.39 is 13.3 Å². The summed E-state index contributed by atoms with van der Waals surface area (Å²) >= 11 is 0. The molecular weight excluding hydrogens is 190 g/mol. The SMILES string of the molecule is C#CCc1ccnc(C[B-](F)(F)F)c1. The number of hydrogen-bond acceptors (Lipinski definition) is 1. The Balaban J connectivity index is 2.79. The van der Waals surface area contributed by atoms with Crippen molar-refractivity contribution in [3.8, 4) is 12.3 Å². The second-order valence-electron chi connectivity index (χ2n) is 2.95. The van der Waals surface area contributed by atoms with Crippen LogP contribution in [0.4, 0.5) is 12.9 Å². The fraction of sp³-hybridized carbons (Fsp3) is 0.222. The summed E-state index contributed by atoms with van der Waals surface area (Å²) in [4.78, 5) is 3.63. The van der Waals surface area contributed by atoms with E-state index in [1.54, 1.807) is 6.07 Å². The lowest BCUT2D eigenvalue weighted by atomic mass is 9.84. The zero-order valence-electron chi connectivity index (χ0n) is 7.38. The van der Waals surface area contributed by atoms with Crippen LogP contribution in [0.3, 0.4) is 0 Å². The Hall–Kier alpha value is -1.44. The summed E-state index contributed by atoms with van der Waals surface area (Å²) < 4.78 is 36.1. The number of halogens is 3. The van der Waals surface area contributed by atoms with Gasteiger partial charge in [-0.15, -0.1) is 12.3 Å². The molecule has 0 amide bonds. The zero-order chi connectivity index (χ0) is 10.6. The van der Waals surface area contributed by atoms with Gasteiger partial charge in [0.15, 0.2) is 0 Å². The molecule has 0 aromatic carbocycles. The topological polar surface area (TPSA) is 12.9 Å². The van der Waals surface area contributed by atoms with E-state index in [0.29, 0.717) is 12.0 Å². The number of pyridine rings is 1. The third-order valence-electron chi connectivity index (χ3n) is 1.63. The molecule has 0 aliphatic rings. The molecule has 1 aromatic rings. The molecular formula is C9H8BF3N-. The number of terminal acetylenes is 1. The Morgan fingerprint density at radius 3 is 2.71 bits per heavy atom. The van der Waals surface area contributed by atoms with Gasteiger partial charge >= 0.3 is 6.98 Å². The van der Waals surface area contributed by atoms with Crippen LogP contribution in [0.5, 0.6) is 0 Å². The van der Waals surface area contributed by atoms with Gasteiger partial charge in [0.25, 0.3) is 0 Å². The van der Waals surface area contributed by atoms with Crippen LogP contribution in [-0.4, -0.2) is 12.0 Å². The van der Waals surface area contributed by atoms with Crippen LogP contribution >= 0.6 is 0 Å². The molecule has 14 heavy (non-hydrogen) atoms. The van der Waals surface area contributed by atoms with Crippen molar-refractivity contribution in [1.82, 2.24) is 4.98 Å². The van der Waals surface area contributed by atoms with Crippen molar-refractivity contribution in [2.75, 3.05) is 0 Å². The molecule has 0 N–H and O–H groups in total. The molecule has 0 spiro atoms. The van der Waals surface area contributed by atoms with Crippen LogP contribution in [-0.2, 0) is 12.7 Å². The third kappa shape index (κ3) is 3.52. The number of rotatable bonds is 3. The van der Waals surface area contributed by atoms with Crippen LogP contribution in [0.25, 0.3) is 0 Å². The van der Waals surface area contributed by atoms with Crippen molar-refractivity contribution in [3.05, 3.63) is 29.6 Å². The maximum Gasteiger partial charge on any atom is 0.484 e. The van der Waals surface area contributed by atoms with Gasteiger partial charge in [0.1, 0.15) is 0 Å². The van der Waals surface area contributed by atoms with Crippen LogP contribution in [0.2, 0.25) is 0 Å². The lowest BCUT2D eigenvalue weighted by molar-refractivity contribution is 0.467. The maximum absolute atomic E-state index is 12.0. The zero-order valence-corrected chi connectivity index (χ0v) is 7.38. The predicted octanol–water partition coefficient (Wildman–Crippen LogP) is 2.19. The van der Waals surface area contributed by atoms with Crippen LogP contribution in [0.1, 0.15) is 11.3 Å². The van der Waals surface area contributed by atoms with Crippen molar-refractivity contribution in [2.24, 2.45) is 0 Å². The minimum absolute atomic E-state index is 0.0326. The molecule has 1 aromatic heterocycles. The Labute approximate surface area is 80.4 Å². The van der Waals surface area contributed by atoms with Gasteiger partial charge in [-0.25, -0.2) is 0 Å². The van der Waals surface area contributed by atoms with Gasteiger partial charge in [-0.05, 0) is 24.0 Å². The molecule has 0 saturated heterocycles. The lowest BCUT2D eigenvalue weighted by Gasteiger charge is -2.12. The smallest absolute Gasteiger partial charge is 0.449 e. The Morgan fingerprint density at radius 2 is 2.14 bits per heavy atom. The quantitative estimate of drug-likeness (QED) is 0.535. The summed E-state index contributed by atoms with van der Waals surface area (Å²) in [6.45, 7) is -4.82. The van der Waals surface area contributed by atoms with E-state index in [1.165, 1.54) is 12.3 Å². The van der Waals surface area contributed by atoms with Crippen LogP contribution in [0, 0.1) is 12.3 Å². The summed E-state index contributed by atoms with van der Waals surface area (Å²) in [7, 11) is 0. The molecule has 1 heterocycles. The van der Waals surface area contributed by atoms with Gasteiger partial charge in [0, 0.05) is 18.3 Å². The number of aromatic nitrogens is 1. The van der Waals surface area contributed by atoms with Gasteiger partial charge in [-0.1, -0.05) is 0 Å². The van der Waals surface area contributed by atoms with Gasteiger partial charge in [-0.3, -0.25) is 4.98 Å². The molecule has 0 aliphatic heterocycles. The molecule has 1 nitrogen and oxygen atoms in total. The highest BCUT2D eigenvalue weighted by Crippen LogP contribution is 2.15. The first-order valence-corrected chi connectivity index (χ1v) is 4.09.